The maximum absolute atomic E-state index is 10.9. The number of rotatable bonds is 2. The molecule has 6 heteroatoms. The van der Waals surface area contributed by atoms with Crippen LogP contribution in [0.25, 0.3) is 10.8 Å². The second-order valence-electron chi connectivity index (χ2n) is 4.10. The molecule has 0 unspecified atom stereocenters. The molecule has 0 bridgehead atoms. The molecule has 2 rings (SSSR count). The van der Waals surface area contributed by atoms with Crippen LogP contribution in [0.1, 0.15) is 11.1 Å². The van der Waals surface area contributed by atoms with Crippen LogP contribution in [0.3, 0.4) is 0 Å². The fourth-order valence-corrected chi connectivity index (χ4v) is 1.90. The van der Waals surface area contributed by atoms with Crippen molar-refractivity contribution in [1.82, 2.24) is 0 Å². The summed E-state index contributed by atoms with van der Waals surface area (Å²) in [5, 5.41) is 22.5. The maximum Gasteiger partial charge on any atom is 0.277 e. The van der Waals surface area contributed by atoms with Gasteiger partial charge in [-0.05, 0) is 37.1 Å². The van der Waals surface area contributed by atoms with Gasteiger partial charge in [-0.3, -0.25) is 20.2 Å². The summed E-state index contributed by atoms with van der Waals surface area (Å²) in [6, 6.07) is 5.59. The molecule has 0 saturated heterocycles. The first-order valence-electron chi connectivity index (χ1n) is 5.24. The van der Waals surface area contributed by atoms with Crippen molar-refractivity contribution in [3.8, 4) is 0 Å². The number of hydrogen-bond donors (Lipinski definition) is 0. The third-order valence-corrected chi connectivity index (χ3v) is 2.98. The monoisotopic (exact) mass is 246 g/mol. The van der Waals surface area contributed by atoms with Gasteiger partial charge in [0.1, 0.15) is 0 Å². The molecule has 92 valence electrons. The zero-order valence-electron chi connectivity index (χ0n) is 9.84. The smallest absolute Gasteiger partial charge is 0.258 e. The van der Waals surface area contributed by atoms with E-state index in [1.54, 1.807) is 12.1 Å². The Morgan fingerprint density at radius 2 is 1.17 bits per heavy atom. The van der Waals surface area contributed by atoms with E-state index in [1.165, 1.54) is 12.1 Å². The Labute approximate surface area is 102 Å². The third-order valence-electron chi connectivity index (χ3n) is 2.98. The van der Waals surface area contributed by atoms with Crippen molar-refractivity contribution in [3.05, 3.63) is 55.6 Å². The van der Waals surface area contributed by atoms with Gasteiger partial charge in [0.25, 0.3) is 11.4 Å². The van der Waals surface area contributed by atoms with Crippen LogP contribution in [0, 0.1) is 34.1 Å². The van der Waals surface area contributed by atoms with Crippen LogP contribution >= 0.6 is 0 Å². The molecule has 0 aromatic heterocycles. The molecule has 0 atom stereocenters. The average Bonchev–Trinajstić information content (AvgIpc) is 2.28. The molecule has 0 fully saturated rings. The van der Waals surface area contributed by atoms with Gasteiger partial charge >= 0.3 is 0 Å². The lowest BCUT2D eigenvalue weighted by Crippen LogP contribution is -1.95. The van der Waals surface area contributed by atoms with Crippen LogP contribution in [0.15, 0.2) is 24.3 Å². The van der Waals surface area contributed by atoms with Crippen molar-refractivity contribution in [2.75, 3.05) is 0 Å². The lowest BCUT2D eigenvalue weighted by Gasteiger charge is -2.05. The maximum atomic E-state index is 10.9. The number of nitrogens with zero attached hydrogens (tertiary/aromatic N) is 2. The van der Waals surface area contributed by atoms with Crippen molar-refractivity contribution in [2.45, 2.75) is 13.8 Å². The number of benzene rings is 2. The van der Waals surface area contributed by atoms with E-state index in [-0.39, 0.29) is 11.4 Å². The Hall–Kier alpha value is -2.50. The van der Waals surface area contributed by atoms with Gasteiger partial charge < -0.3 is 0 Å². The standard InChI is InChI=1S/C12H10N2O4/c1-7-5-9-10(6-8(7)2)12(14(17)18)4-3-11(9)13(15)16/h3-6H,1-2H3. The minimum Gasteiger partial charge on any atom is -0.258 e. The number of fused-ring (bicyclic) bond motifs is 1. The molecule has 18 heavy (non-hydrogen) atoms. The van der Waals surface area contributed by atoms with E-state index in [1.807, 2.05) is 13.8 Å². The third kappa shape index (κ3) is 1.77. The van der Waals surface area contributed by atoms with E-state index in [0.29, 0.717) is 10.8 Å². The molecule has 0 saturated carbocycles. The second-order valence-corrected chi connectivity index (χ2v) is 4.10. The molecular weight excluding hydrogens is 236 g/mol. The Bertz CT molecular complexity index is 621. The summed E-state index contributed by atoms with van der Waals surface area (Å²) in [6.45, 7) is 3.63. The second kappa shape index (κ2) is 4.06. The minimum atomic E-state index is -0.527. The molecule has 0 heterocycles. The minimum absolute atomic E-state index is 0.112. The van der Waals surface area contributed by atoms with Crippen molar-refractivity contribution in [3.63, 3.8) is 0 Å². The number of nitro groups is 2. The Kier molecular flexibility index (Phi) is 2.70. The summed E-state index contributed by atoms with van der Waals surface area (Å²) >= 11 is 0. The van der Waals surface area contributed by atoms with Crippen LogP contribution < -0.4 is 0 Å². The van der Waals surface area contributed by atoms with Gasteiger partial charge in [-0.1, -0.05) is 0 Å². The molecular formula is C12H10N2O4. The molecule has 2 aromatic carbocycles. The topological polar surface area (TPSA) is 86.3 Å². The lowest BCUT2D eigenvalue weighted by molar-refractivity contribution is -0.386. The van der Waals surface area contributed by atoms with E-state index in [9.17, 15) is 20.2 Å². The Balaban J connectivity index is 2.95. The van der Waals surface area contributed by atoms with Crippen LogP contribution in [0.5, 0.6) is 0 Å². The summed E-state index contributed by atoms with van der Waals surface area (Å²) in [5.74, 6) is 0. The van der Waals surface area contributed by atoms with E-state index in [0.717, 1.165) is 11.1 Å². The van der Waals surface area contributed by atoms with Gasteiger partial charge in [0.2, 0.25) is 0 Å². The zero-order valence-corrected chi connectivity index (χ0v) is 9.84. The molecule has 2 aromatic rings. The molecule has 0 amide bonds. The highest BCUT2D eigenvalue weighted by Gasteiger charge is 2.20. The fraction of sp³-hybridized carbons (Fsp3) is 0.167. The van der Waals surface area contributed by atoms with Crippen molar-refractivity contribution < 1.29 is 9.85 Å². The Morgan fingerprint density at radius 1 is 0.833 bits per heavy atom. The highest BCUT2D eigenvalue weighted by molar-refractivity contribution is 5.98. The summed E-state index contributed by atoms with van der Waals surface area (Å²) in [6.07, 6.45) is 0. The predicted molar refractivity (Wildman–Crippen MR) is 66.7 cm³/mol. The van der Waals surface area contributed by atoms with Crippen molar-refractivity contribution in [1.29, 1.82) is 0 Å². The van der Waals surface area contributed by atoms with Crippen LogP contribution in [-0.2, 0) is 0 Å². The van der Waals surface area contributed by atoms with Crippen LogP contribution in [0.2, 0.25) is 0 Å². The van der Waals surface area contributed by atoms with Gasteiger partial charge in [0.15, 0.2) is 0 Å². The first-order valence-corrected chi connectivity index (χ1v) is 5.24. The van der Waals surface area contributed by atoms with Gasteiger partial charge in [0.05, 0.1) is 20.6 Å². The number of non-ortho nitro benzene ring substituents is 2. The molecule has 6 nitrogen and oxygen atoms in total. The first kappa shape index (κ1) is 12.0. The highest BCUT2D eigenvalue weighted by Crippen LogP contribution is 2.34. The predicted octanol–water partition coefficient (Wildman–Crippen LogP) is 3.27. The van der Waals surface area contributed by atoms with Gasteiger partial charge in [0, 0.05) is 12.1 Å². The highest BCUT2D eigenvalue weighted by atomic mass is 16.6. The number of nitro benzene ring substituents is 2. The van der Waals surface area contributed by atoms with E-state index in [4.69, 9.17) is 0 Å². The molecule has 0 aliphatic carbocycles. The SMILES string of the molecule is Cc1cc2c([N+](=O)[O-])ccc([N+](=O)[O-])c2cc1C. The summed E-state index contributed by atoms with van der Waals surface area (Å²) in [4.78, 5) is 20.8. The quantitative estimate of drug-likeness (QED) is 0.601. The molecule has 0 radical (unpaired) electrons. The van der Waals surface area contributed by atoms with Crippen LogP contribution in [-0.4, -0.2) is 9.85 Å². The van der Waals surface area contributed by atoms with Gasteiger partial charge in [-0.15, -0.1) is 0 Å². The number of hydrogen-bond acceptors (Lipinski definition) is 4. The number of aryl methyl sites for hydroxylation is 2. The fourth-order valence-electron chi connectivity index (χ4n) is 1.90. The molecule has 0 aliphatic rings. The normalized spacial score (nSPS) is 10.6. The van der Waals surface area contributed by atoms with E-state index in [2.05, 4.69) is 0 Å². The average molecular weight is 246 g/mol. The zero-order chi connectivity index (χ0) is 13.4. The summed E-state index contributed by atoms with van der Waals surface area (Å²) in [5.41, 5.74) is 1.51. The first-order chi connectivity index (χ1) is 8.41. The lowest BCUT2D eigenvalue weighted by atomic mass is 10.0. The van der Waals surface area contributed by atoms with Gasteiger partial charge in [-0.25, -0.2) is 0 Å². The van der Waals surface area contributed by atoms with E-state index >= 15 is 0 Å². The Morgan fingerprint density at radius 3 is 1.44 bits per heavy atom. The summed E-state index contributed by atoms with van der Waals surface area (Å²) in [7, 11) is 0. The van der Waals surface area contributed by atoms with Gasteiger partial charge in [-0.2, -0.15) is 0 Å². The molecule has 0 spiro atoms. The molecule has 0 N–H and O–H groups in total. The molecule has 0 aliphatic heterocycles. The van der Waals surface area contributed by atoms with Crippen molar-refractivity contribution in [2.24, 2.45) is 0 Å². The van der Waals surface area contributed by atoms with Crippen molar-refractivity contribution >= 4 is 22.1 Å². The largest absolute Gasteiger partial charge is 0.277 e. The summed E-state index contributed by atoms with van der Waals surface area (Å²) < 4.78 is 0. The van der Waals surface area contributed by atoms with E-state index < -0.39 is 9.85 Å². The van der Waals surface area contributed by atoms with Crippen LogP contribution in [0.4, 0.5) is 11.4 Å².